The van der Waals surface area contributed by atoms with Crippen LogP contribution < -0.4 is 0 Å². The van der Waals surface area contributed by atoms with E-state index in [1.54, 1.807) is 6.92 Å². The minimum Gasteiger partial charge on any atom is -0.504 e. The van der Waals surface area contributed by atoms with Crippen molar-refractivity contribution < 1.29 is 29.6 Å². The van der Waals surface area contributed by atoms with Crippen molar-refractivity contribution in [2.24, 2.45) is 0 Å². The Labute approximate surface area is 103 Å². The summed E-state index contributed by atoms with van der Waals surface area (Å²) in [5.41, 5.74) is 0.283. The molecule has 0 amide bonds. The molecule has 0 radical (unpaired) electrons. The highest BCUT2D eigenvalue weighted by Gasteiger charge is 2.25. The lowest BCUT2D eigenvalue weighted by Gasteiger charge is -2.14. The normalized spacial score (nSPS) is 11.8. The molecule has 0 aromatic heterocycles. The third-order valence-electron chi connectivity index (χ3n) is 2.35. The number of ether oxygens (including phenoxy) is 1. The number of esters is 1. The summed E-state index contributed by atoms with van der Waals surface area (Å²) < 4.78 is 4.78. The second kappa shape index (κ2) is 5.90. The average molecular weight is 254 g/mol. The maximum Gasteiger partial charge on any atom is 0.314 e. The molecule has 0 heterocycles. The van der Waals surface area contributed by atoms with Crippen LogP contribution in [0.15, 0.2) is 18.2 Å². The largest absolute Gasteiger partial charge is 0.504 e. The molecule has 18 heavy (non-hydrogen) atoms. The van der Waals surface area contributed by atoms with Crippen molar-refractivity contribution in [2.45, 2.75) is 19.3 Å². The summed E-state index contributed by atoms with van der Waals surface area (Å²) in [6.07, 6.45) is -0.441. The van der Waals surface area contributed by atoms with Crippen LogP contribution in [0.25, 0.3) is 0 Å². The first-order valence-electron chi connectivity index (χ1n) is 5.36. The van der Waals surface area contributed by atoms with Gasteiger partial charge in [-0.25, -0.2) is 0 Å². The molecule has 0 saturated heterocycles. The predicted molar refractivity (Wildman–Crippen MR) is 61.4 cm³/mol. The average Bonchev–Trinajstić information content (AvgIpc) is 2.30. The minimum absolute atomic E-state index is 0.138. The molecule has 0 fully saturated rings. The molecule has 0 aliphatic rings. The summed E-state index contributed by atoms with van der Waals surface area (Å²) >= 11 is 0. The zero-order valence-electron chi connectivity index (χ0n) is 9.79. The van der Waals surface area contributed by atoms with Crippen LogP contribution in [0.2, 0.25) is 0 Å². The third-order valence-corrected chi connectivity index (χ3v) is 2.35. The number of carboxylic acids is 1. The molecule has 1 rings (SSSR count). The van der Waals surface area contributed by atoms with Crippen LogP contribution in [0.3, 0.4) is 0 Å². The van der Waals surface area contributed by atoms with Gasteiger partial charge in [-0.05, 0) is 24.6 Å². The van der Waals surface area contributed by atoms with Crippen molar-refractivity contribution in [3.05, 3.63) is 23.8 Å². The molecular formula is C12H14O6. The van der Waals surface area contributed by atoms with Gasteiger partial charge in [-0.1, -0.05) is 6.07 Å². The first kappa shape index (κ1) is 13.8. The highest BCUT2D eigenvalue weighted by molar-refractivity contribution is 5.84. The van der Waals surface area contributed by atoms with Gasteiger partial charge in [0, 0.05) is 0 Å². The van der Waals surface area contributed by atoms with Crippen LogP contribution in [0.1, 0.15) is 24.8 Å². The summed E-state index contributed by atoms with van der Waals surface area (Å²) in [6, 6.07) is 3.72. The molecule has 0 aliphatic carbocycles. The van der Waals surface area contributed by atoms with E-state index in [1.165, 1.54) is 12.1 Å². The Bertz CT molecular complexity index is 454. The number of rotatable bonds is 5. The van der Waals surface area contributed by atoms with Gasteiger partial charge in [0.05, 0.1) is 18.9 Å². The fourth-order valence-electron chi connectivity index (χ4n) is 1.51. The first-order chi connectivity index (χ1) is 8.45. The first-order valence-corrected chi connectivity index (χ1v) is 5.36. The molecule has 0 bridgehead atoms. The molecule has 0 aliphatic heterocycles. The van der Waals surface area contributed by atoms with Gasteiger partial charge in [0.1, 0.15) is 0 Å². The number of carbonyl (C=O) groups excluding carboxylic acids is 1. The second-order valence-electron chi connectivity index (χ2n) is 3.65. The van der Waals surface area contributed by atoms with Crippen LogP contribution in [0.4, 0.5) is 0 Å². The Hall–Kier alpha value is -2.24. The second-order valence-corrected chi connectivity index (χ2v) is 3.65. The summed E-state index contributed by atoms with van der Waals surface area (Å²) in [6.45, 7) is 1.75. The molecule has 0 saturated carbocycles. The van der Waals surface area contributed by atoms with Crippen molar-refractivity contribution in [1.82, 2.24) is 0 Å². The van der Waals surface area contributed by atoms with Crippen LogP contribution in [0, 0.1) is 0 Å². The van der Waals surface area contributed by atoms with Gasteiger partial charge in [0.2, 0.25) is 0 Å². The number of aliphatic carboxylic acids is 1. The minimum atomic E-state index is -1.15. The van der Waals surface area contributed by atoms with Gasteiger partial charge in [0.25, 0.3) is 0 Å². The Morgan fingerprint density at radius 1 is 1.28 bits per heavy atom. The lowest BCUT2D eigenvalue weighted by atomic mass is 9.95. The Balaban J connectivity index is 3.04. The van der Waals surface area contributed by atoms with Crippen molar-refractivity contribution >= 4 is 11.9 Å². The molecular weight excluding hydrogens is 240 g/mol. The van der Waals surface area contributed by atoms with Crippen LogP contribution >= 0.6 is 0 Å². The van der Waals surface area contributed by atoms with E-state index in [4.69, 9.17) is 14.9 Å². The van der Waals surface area contributed by atoms with E-state index < -0.39 is 30.0 Å². The fraction of sp³-hybridized carbons (Fsp3) is 0.333. The van der Waals surface area contributed by atoms with Gasteiger partial charge in [0.15, 0.2) is 11.5 Å². The zero-order valence-corrected chi connectivity index (χ0v) is 9.79. The highest BCUT2D eigenvalue weighted by atomic mass is 16.5. The number of phenols is 2. The number of aromatic hydroxyl groups is 2. The number of carbonyl (C=O) groups is 2. The summed E-state index contributed by atoms with van der Waals surface area (Å²) in [4.78, 5) is 22.4. The summed E-state index contributed by atoms with van der Waals surface area (Å²) in [5.74, 6) is -3.58. The fourth-order valence-corrected chi connectivity index (χ4v) is 1.51. The van der Waals surface area contributed by atoms with Gasteiger partial charge >= 0.3 is 11.9 Å². The van der Waals surface area contributed by atoms with Crippen LogP contribution in [0.5, 0.6) is 11.5 Å². The molecule has 98 valence electrons. The number of hydrogen-bond donors (Lipinski definition) is 3. The third kappa shape index (κ3) is 3.38. The van der Waals surface area contributed by atoms with Crippen molar-refractivity contribution in [2.75, 3.05) is 6.61 Å². The molecule has 1 aromatic carbocycles. The number of hydrogen-bond acceptors (Lipinski definition) is 5. The molecule has 6 nitrogen and oxygen atoms in total. The van der Waals surface area contributed by atoms with E-state index >= 15 is 0 Å². The lowest BCUT2D eigenvalue weighted by molar-refractivity contribution is -0.149. The van der Waals surface area contributed by atoms with Gasteiger partial charge in [-0.3, -0.25) is 9.59 Å². The van der Waals surface area contributed by atoms with Gasteiger partial charge < -0.3 is 20.1 Å². The maximum absolute atomic E-state index is 11.6. The van der Waals surface area contributed by atoms with Crippen LogP contribution in [-0.2, 0) is 14.3 Å². The van der Waals surface area contributed by atoms with E-state index in [0.29, 0.717) is 0 Å². The van der Waals surface area contributed by atoms with E-state index in [9.17, 15) is 14.7 Å². The lowest BCUT2D eigenvalue weighted by Crippen LogP contribution is -2.19. The maximum atomic E-state index is 11.6. The molecule has 0 spiro atoms. The number of carboxylic acid groups (broad SMARTS) is 1. The number of benzene rings is 1. The Kier molecular flexibility index (Phi) is 4.53. The smallest absolute Gasteiger partial charge is 0.314 e. The van der Waals surface area contributed by atoms with Crippen molar-refractivity contribution in [3.8, 4) is 11.5 Å². The number of phenolic OH excluding ortho intramolecular Hbond substituents is 2. The summed E-state index contributed by atoms with van der Waals surface area (Å²) in [7, 11) is 0. The van der Waals surface area contributed by atoms with E-state index in [-0.39, 0.29) is 17.9 Å². The molecule has 6 heteroatoms. The predicted octanol–water partition coefficient (Wildman–Crippen LogP) is 1.22. The molecule has 1 unspecified atom stereocenters. The topological polar surface area (TPSA) is 104 Å². The standard InChI is InChI=1S/C12H14O6/c1-2-18-12(17)8(6-11(15)16)7-3-4-9(13)10(14)5-7/h3-5,8,13-14H,2,6H2,1H3,(H,15,16). The van der Waals surface area contributed by atoms with E-state index in [2.05, 4.69) is 0 Å². The molecule has 3 N–H and O–H groups in total. The monoisotopic (exact) mass is 254 g/mol. The zero-order chi connectivity index (χ0) is 13.7. The van der Waals surface area contributed by atoms with Crippen molar-refractivity contribution in [1.29, 1.82) is 0 Å². The molecule has 1 atom stereocenters. The SMILES string of the molecule is CCOC(=O)C(CC(=O)O)c1ccc(O)c(O)c1. The van der Waals surface area contributed by atoms with Crippen LogP contribution in [-0.4, -0.2) is 33.9 Å². The highest BCUT2D eigenvalue weighted by Crippen LogP contribution is 2.30. The van der Waals surface area contributed by atoms with E-state index in [0.717, 1.165) is 6.07 Å². The Morgan fingerprint density at radius 3 is 2.44 bits per heavy atom. The van der Waals surface area contributed by atoms with Gasteiger partial charge in [-0.15, -0.1) is 0 Å². The van der Waals surface area contributed by atoms with Crippen molar-refractivity contribution in [3.63, 3.8) is 0 Å². The molecule has 1 aromatic rings. The Morgan fingerprint density at radius 2 is 1.94 bits per heavy atom. The summed E-state index contributed by atoms with van der Waals surface area (Å²) in [5, 5.41) is 27.3. The quantitative estimate of drug-likeness (QED) is 0.539. The van der Waals surface area contributed by atoms with Gasteiger partial charge in [-0.2, -0.15) is 0 Å². The van der Waals surface area contributed by atoms with E-state index in [1.807, 2.05) is 0 Å².